The van der Waals surface area contributed by atoms with E-state index in [-0.39, 0.29) is 5.91 Å². The maximum atomic E-state index is 12.7. The number of nitrogens with zero attached hydrogens (tertiary/aromatic N) is 2. The number of nitrogens with one attached hydrogen (secondary N) is 1. The van der Waals surface area contributed by atoms with Gasteiger partial charge in [0.25, 0.3) is 5.91 Å². The Kier molecular flexibility index (Phi) is 6.92. The van der Waals surface area contributed by atoms with E-state index >= 15 is 0 Å². The molecule has 0 atom stereocenters. The van der Waals surface area contributed by atoms with Crippen LogP contribution < -0.4 is 5.32 Å². The van der Waals surface area contributed by atoms with E-state index < -0.39 is 0 Å². The highest BCUT2D eigenvalue weighted by Gasteiger charge is 2.19. The Hall–Kier alpha value is -2.29. The zero-order chi connectivity index (χ0) is 19.1. The van der Waals surface area contributed by atoms with E-state index in [1.54, 1.807) is 6.07 Å². The van der Waals surface area contributed by atoms with Gasteiger partial charge in [0.05, 0.1) is 11.1 Å². The van der Waals surface area contributed by atoms with Crippen LogP contribution in [-0.2, 0) is 0 Å². The first-order chi connectivity index (χ1) is 13.2. The number of benzene rings is 2. The molecule has 140 valence electrons. The molecule has 1 saturated carbocycles. The van der Waals surface area contributed by atoms with E-state index in [0.717, 1.165) is 16.3 Å². The quantitative estimate of drug-likeness (QED) is 0.779. The van der Waals surface area contributed by atoms with Crippen LogP contribution in [0.1, 0.15) is 41.6 Å². The lowest BCUT2D eigenvalue weighted by Gasteiger charge is -2.24. The number of carbonyl (C=O) groups excluding carboxylic acids is 1. The van der Waals surface area contributed by atoms with Crippen molar-refractivity contribution in [2.75, 3.05) is 20.1 Å². The van der Waals surface area contributed by atoms with Gasteiger partial charge in [-0.2, -0.15) is 5.26 Å². The molecule has 1 fully saturated rings. The van der Waals surface area contributed by atoms with E-state index in [2.05, 4.69) is 23.3 Å². The number of hydrogen-bond acceptors (Lipinski definition) is 4. The molecule has 0 bridgehead atoms. The third-order valence-corrected chi connectivity index (χ3v) is 6.21. The number of nitriles is 1. The second kappa shape index (κ2) is 9.59. The Bertz CT molecular complexity index is 824. The van der Waals surface area contributed by atoms with Crippen molar-refractivity contribution in [3.05, 3.63) is 59.7 Å². The lowest BCUT2D eigenvalue weighted by atomic mass is 10.2. The van der Waals surface area contributed by atoms with Crippen molar-refractivity contribution < 1.29 is 4.79 Å². The fourth-order valence-corrected chi connectivity index (χ4v) is 4.50. The second-order valence-electron chi connectivity index (χ2n) is 6.88. The minimum Gasteiger partial charge on any atom is -0.351 e. The molecule has 0 aliphatic heterocycles. The molecular formula is C22H25N3OS. The SMILES string of the molecule is CN(CCNC(=O)c1ccccc1Sc1ccccc1C#N)C1CCCC1. The molecule has 2 aromatic rings. The normalized spacial score (nSPS) is 14.3. The van der Waals surface area contributed by atoms with Crippen molar-refractivity contribution in [2.24, 2.45) is 0 Å². The van der Waals surface area contributed by atoms with Gasteiger partial charge in [0.1, 0.15) is 6.07 Å². The van der Waals surface area contributed by atoms with Gasteiger partial charge in [-0.15, -0.1) is 0 Å². The molecule has 2 aromatic carbocycles. The van der Waals surface area contributed by atoms with Gasteiger partial charge in [-0.3, -0.25) is 4.79 Å². The van der Waals surface area contributed by atoms with Crippen molar-refractivity contribution in [3.8, 4) is 6.07 Å². The van der Waals surface area contributed by atoms with Gasteiger partial charge in [-0.25, -0.2) is 0 Å². The fraction of sp³-hybridized carbons (Fsp3) is 0.364. The first-order valence-corrected chi connectivity index (χ1v) is 10.2. The number of carbonyl (C=O) groups is 1. The summed E-state index contributed by atoms with van der Waals surface area (Å²) in [5.41, 5.74) is 1.27. The van der Waals surface area contributed by atoms with Crippen LogP contribution in [0.5, 0.6) is 0 Å². The average Bonchev–Trinajstić information content (AvgIpc) is 3.23. The first kappa shape index (κ1) is 19.5. The molecule has 0 unspecified atom stereocenters. The van der Waals surface area contributed by atoms with Crippen LogP contribution in [0.4, 0.5) is 0 Å². The Morgan fingerprint density at radius 2 is 1.81 bits per heavy atom. The predicted octanol–water partition coefficient (Wildman–Crippen LogP) is 4.31. The van der Waals surface area contributed by atoms with Gasteiger partial charge >= 0.3 is 0 Å². The van der Waals surface area contributed by atoms with Crippen LogP contribution in [0, 0.1) is 11.3 Å². The smallest absolute Gasteiger partial charge is 0.252 e. The summed E-state index contributed by atoms with van der Waals surface area (Å²) in [5.74, 6) is -0.0626. The molecule has 5 heteroatoms. The van der Waals surface area contributed by atoms with Crippen molar-refractivity contribution >= 4 is 17.7 Å². The average molecular weight is 380 g/mol. The van der Waals surface area contributed by atoms with Crippen LogP contribution in [0.3, 0.4) is 0 Å². The molecule has 1 aliphatic rings. The Morgan fingerprint density at radius 3 is 2.56 bits per heavy atom. The van der Waals surface area contributed by atoms with E-state index in [9.17, 15) is 10.1 Å². The summed E-state index contributed by atoms with van der Waals surface area (Å²) in [4.78, 5) is 16.8. The number of amides is 1. The molecule has 27 heavy (non-hydrogen) atoms. The molecule has 0 heterocycles. The van der Waals surface area contributed by atoms with Gasteiger partial charge < -0.3 is 10.2 Å². The van der Waals surface area contributed by atoms with Gasteiger partial charge in [0.15, 0.2) is 0 Å². The minimum atomic E-state index is -0.0626. The summed E-state index contributed by atoms with van der Waals surface area (Å²) in [7, 11) is 2.14. The lowest BCUT2D eigenvalue weighted by molar-refractivity contribution is 0.0944. The molecule has 0 spiro atoms. The monoisotopic (exact) mass is 379 g/mol. The summed E-state index contributed by atoms with van der Waals surface area (Å²) in [6.45, 7) is 1.50. The molecule has 4 nitrogen and oxygen atoms in total. The molecule has 0 radical (unpaired) electrons. The predicted molar refractivity (Wildman–Crippen MR) is 109 cm³/mol. The second-order valence-corrected chi connectivity index (χ2v) is 7.96. The topological polar surface area (TPSA) is 56.1 Å². The van der Waals surface area contributed by atoms with Crippen LogP contribution in [0.15, 0.2) is 58.3 Å². The zero-order valence-electron chi connectivity index (χ0n) is 15.6. The van der Waals surface area contributed by atoms with E-state index in [4.69, 9.17) is 0 Å². The highest BCUT2D eigenvalue weighted by atomic mass is 32.2. The third kappa shape index (κ3) is 5.12. The Morgan fingerprint density at radius 1 is 1.15 bits per heavy atom. The van der Waals surface area contributed by atoms with Crippen LogP contribution in [0.2, 0.25) is 0 Å². The summed E-state index contributed by atoms with van der Waals surface area (Å²) in [6, 6.07) is 17.9. The molecular weight excluding hydrogens is 354 g/mol. The summed E-state index contributed by atoms with van der Waals surface area (Å²) in [6.07, 6.45) is 5.16. The molecule has 3 rings (SSSR count). The zero-order valence-corrected chi connectivity index (χ0v) is 16.5. The Balaban J connectivity index is 1.62. The van der Waals surface area contributed by atoms with Crippen molar-refractivity contribution in [1.82, 2.24) is 10.2 Å². The maximum absolute atomic E-state index is 12.7. The summed E-state index contributed by atoms with van der Waals surface area (Å²) >= 11 is 1.46. The molecule has 0 saturated heterocycles. The standard InChI is InChI=1S/C22H25N3OS/c1-25(18-9-3-4-10-18)15-14-24-22(26)19-11-5-7-13-21(19)27-20-12-6-2-8-17(20)16-23/h2,5-8,11-13,18H,3-4,9-10,14-15H2,1H3,(H,24,26). The lowest BCUT2D eigenvalue weighted by Crippen LogP contribution is -2.37. The van der Waals surface area contributed by atoms with Crippen molar-refractivity contribution in [2.45, 2.75) is 41.5 Å². The van der Waals surface area contributed by atoms with Crippen molar-refractivity contribution in [3.63, 3.8) is 0 Å². The van der Waals surface area contributed by atoms with E-state index in [0.29, 0.717) is 23.7 Å². The van der Waals surface area contributed by atoms with Gasteiger partial charge in [0.2, 0.25) is 0 Å². The number of rotatable bonds is 7. The minimum absolute atomic E-state index is 0.0626. The molecule has 1 aliphatic carbocycles. The third-order valence-electron chi connectivity index (χ3n) is 5.06. The highest BCUT2D eigenvalue weighted by Crippen LogP contribution is 2.32. The van der Waals surface area contributed by atoms with Gasteiger partial charge in [-0.1, -0.05) is 48.9 Å². The van der Waals surface area contributed by atoms with Crippen LogP contribution in [0.25, 0.3) is 0 Å². The summed E-state index contributed by atoms with van der Waals surface area (Å²) in [5, 5.41) is 12.3. The highest BCUT2D eigenvalue weighted by molar-refractivity contribution is 7.99. The first-order valence-electron chi connectivity index (χ1n) is 9.43. The van der Waals surface area contributed by atoms with E-state index in [1.807, 2.05) is 42.5 Å². The Labute approximate surface area is 165 Å². The van der Waals surface area contributed by atoms with Crippen LogP contribution >= 0.6 is 11.8 Å². The van der Waals surface area contributed by atoms with Gasteiger partial charge in [-0.05, 0) is 44.2 Å². The maximum Gasteiger partial charge on any atom is 0.252 e. The van der Waals surface area contributed by atoms with E-state index in [1.165, 1.54) is 37.4 Å². The van der Waals surface area contributed by atoms with Gasteiger partial charge in [0, 0.05) is 28.9 Å². The number of likely N-dealkylation sites (N-methyl/N-ethyl adjacent to an activating group) is 1. The van der Waals surface area contributed by atoms with Crippen LogP contribution in [-0.4, -0.2) is 37.0 Å². The molecule has 1 amide bonds. The fourth-order valence-electron chi connectivity index (χ4n) is 3.48. The summed E-state index contributed by atoms with van der Waals surface area (Å²) < 4.78 is 0. The molecule has 0 aromatic heterocycles. The molecule has 1 N–H and O–H groups in total. The largest absolute Gasteiger partial charge is 0.351 e. The number of hydrogen-bond donors (Lipinski definition) is 1. The van der Waals surface area contributed by atoms with Crippen molar-refractivity contribution in [1.29, 1.82) is 5.26 Å².